The number of aromatic nitrogens is 2. The summed E-state index contributed by atoms with van der Waals surface area (Å²) in [5.41, 5.74) is 2.13. The second-order valence-electron chi connectivity index (χ2n) is 7.27. The Morgan fingerprint density at radius 2 is 1.79 bits per heavy atom. The Labute approximate surface area is 199 Å². The highest BCUT2D eigenvalue weighted by molar-refractivity contribution is 7.22. The van der Waals surface area contributed by atoms with Crippen LogP contribution in [0.25, 0.3) is 10.2 Å². The zero-order valence-electron chi connectivity index (χ0n) is 17.4. The van der Waals surface area contributed by atoms with Crippen molar-refractivity contribution in [3.05, 3.63) is 113 Å². The van der Waals surface area contributed by atoms with Gasteiger partial charge in [0.15, 0.2) is 5.13 Å². The highest BCUT2D eigenvalue weighted by atomic mass is 35.5. The van der Waals surface area contributed by atoms with E-state index in [4.69, 9.17) is 21.3 Å². The number of benzene rings is 3. The van der Waals surface area contributed by atoms with Gasteiger partial charge in [-0.2, -0.15) is 0 Å². The fourth-order valence-corrected chi connectivity index (χ4v) is 4.63. The van der Waals surface area contributed by atoms with Crippen LogP contribution in [0, 0.1) is 0 Å². The minimum absolute atomic E-state index is 0.212. The van der Waals surface area contributed by atoms with E-state index in [-0.39, 0.29) is 5.91 Å². The summed E-state index contributed by atoms with van der Waals surface area (Å²) in [6.07, 6.45) is 3.45. The van der Waals surface area contributed by atoms with Crippen molar-refractivity contribution in [3.63, 3.8) is 0 Å². The van der Waals surface area contributed by atoms with Crippen molar-refractivity contribution in [3.8, 4) is 11.5 Å². The highest BCUT2D eigenvalue weighted by Crippen LogP contribution is 2.34. The minimum atomic E-state index is -0.212. The summed E-state index contributed by atoms with van der Waals surface area (Å²) in [5, 5.41) is 1.21. The molecule has 5 nitrogen and oxygen atoms in total. The first-order chi connectivity index (χ1) is 16.2. The molecule has 162 valence electrons. The van der Waals surface area contributed by atoms with Gasteiger partial charge in [-0.1, -0.05) is 59.3 Å². The van der Waals surface area contributed by atoms with E-state index in [1.165, 1.54) is 11.3 Å². The van der Waals surface area contributed by atoms with Crippen LogP contribution in [-0.2, 0) is 6.54 Å². The Balaban J connectivity index is 1.56. The van der Waals surface area contributed by atoms with Gasteiger partial charge in [0.25, 0.3) is 5.91 Å². The number of carbonyl (C=O) groups is 1. The third-order valence-electron chi connectivity index (χ3n) is 4.97. The number of pyridine rings is 1. The zero-order valence-corrected chi connectivity index (χ0v) is 19.0. The first-order valence-electron chi connectivity index (χ1n) is 10.3. The number of amides is 1. The molecule has 0 N–H and O–H groups in total. The normalized spacial score (nSPS) is 10.8. The van der Waals surface area contributed by atoms with Gasteiger partial charge in [0.05, 0.1) is 22.3 Å². The fourth-order valence-electron chi connectivity index (χ4n) is 3.40. The van der Waals surface area contributed by atoms with Gasteiger partial charge in [-0.05, 0) is 54.1 Å². The summed E-state index contributed by atoms with van der Waals surface area (Å²) < 4.78 is 6.96. The van der Waals surface area contributed by atoms with Crippen molar-refractivity contribution in [2.75, 3.05) is 4.90 Å². The van der Waals surface area contributed by atoms with Crippen LogP contribution < -0.4 is 9.64 Å². The third kappa shape index (κ3) is 4.72. The molecule has 0 aliphatic rings. The van der Waals surface area contributed by atoms with Crippen LogP contribution in [0.1, 0.15) is 15.9 Å². The standard InChI is InChI=1S/C26H18ClN3O2S/c27-19-12-13-22-24(15-19)33-26(29-22)30(17-18-7-6-14-28-16-18)25(31)21-10-4-5-11-23(21)32-20-8-2-1-3-9-20/h1-16H,17H2. The van der Waals surface area contributed by atoms with E-state index in [0.29, 0.717) is 33.8 Å². The van der Waals surface area contributed by atoms with E-state index < -0.39 is 0 Å². The van der Waals surface area contributed by atoms with Gasteiger partial charge in [0.1, 0.15) is 11.5 Å². The molecule has 0 saturated heterocycles. The predicted molar refractivity (Wildman–Crippen MR) is 132 cm³/mol. The fraction of sp³-hybridized carbons (Fsp3) is 0.0385. The Morgan fingerprint density at radius 1 is 0.970 bits per heavy atom. The number of rotatable bonds is 6. The molecule has 0 saturated carbocycles. The summed E-state index contributed by atoms with van der Waals surface area (Å²) >= 11 is 7.59. The number of nitrogens with zero attached hydrogens (tertiary/aromatic N) is 3. The largest absolute Gasteiger partial charge is 0.457 e. The van der Waals surface area contributed by atoms with Crippen molar-refractivity contribution in [2.24, 2.45) is 0 Å². The van der Waals surface area contributed by atoms with Crippen LogP contribution in [0.3, 0.4) is 0 Å². The molecule has 0 radical (unpaired) electrons. The summed E-state index contributed by atoms with van der Waals surface area (Å²) in [6, 6.07) is 25.9. The average Bonchev–Trinajstić information content (AvgIpc) is 3.27. The maximum absolute atomic E-state index is 13.9. The molecule has 0 spiro atoms. The maximum Gasteiger partial charge on any atom is 0.264 e. The lowest BCUT2D eigenvalue weighted by Gasteiger charge is -2.21. The van der Waals surface area contributed by atoms with Crippen LogP contribution in [0.2, 0.25) is 5.02 Å². The highest BCUT2D eigenvalue weighted by Gasteiger charge is 2.25. The molecule has 7 heteroatoms. The molecule has 0 fully saturated rings. The minimum Gasteiger partial charge on any atom is -0.457 e. The molecule has 0 bridgehead atoms. The Hall–Kier alpha value is -3.74. The number of para-hydroxylation sites is 2. The molecule has 5 rings (SSSR count). The van der Waals surface area contributed by atoms with Crippen LogP contribution in [0.15, 0.2) is 97.3 Å². The number of hydrogen-bond donors (Lipinski definition) is 0. The molecule has 2 aromatic heterocycles. The number of hydrogen-bond acceptors (Lipinski definition) is 5. The molecule has 1 amide bonds. The van der Waals surface area contributed by atoms with E-state index in [9.17, 15) is 4.79 Å². The zero-order chi connectivity index (χ0) is 22.6. The van der Waals surface area contributed by atoms with Gasteiger partial charge in [-0.3, -0.25) is 14.7 Å². The number of anilines is 1. The molecule has 33 heavy (non-hydrogen) atoms. The molecule has 5 aromatic rings. The monoisotopic (exact) mass is 471 g/mol. The number of ether oxygens (including phenoxy) is 1. The third-order valence-corrected chi connectivity index (χ3v) is 6.24. The van der Waals surface area contributed by atoms with Crippen LogP contribution in [0.4, 0.5) is 5.13 Å². The van der Waals surface area contributed by atoms with E-state index in [2.05, 4.69) is 4.98 Å². The van der Waals surface area contributed by atoms with Crippen molar-refractivity contribution < 1.29 is 9.53 Å². The number of thiazole rings is 1. The molecule has 0 unspecified atom stereocenters. The van der Waals surface area contributed by atoms with Gasteiger partial charge in [-0.15, -0.1) is 0 Å². The van der Waals surface area contributed by atoms with Gasteiger partial charge >= 0.3 is 0 Å². The lowest BCUT2D eigenvalue weighted by molar-refractivity contribution is 0.0983. The predicted octanol–water partition coefficient (Wildman–Crippen LogP) is 6.98. The van der Waals surface area contributed by atoms with Crippen LogP contribution in [0.5, 0.6) is 11.5 Å². The first kappa shape index (κ1) is 21.1. The second-order valence-corrected chi connectivity index (χ2v) is 8.72. The summed E-state index contributed by atoms with van der Waals surface area (Å²) in [5.74, 6) is 0.927. The SMILES string of the molecule is O=C(c1ccccc1Oc1ccccc1)N(Cc1cccnc1)c1nc2ccc(Cl)cc2s1. The van der Waals surface area contributed by atoms with Gasteiger partial charge in [0, 0.05) is 17.4 Å². The Morgan fingerprint density at radius 3 is 2.61 bits per heavy atom. The van der Waals surface area contributed by atoms with Crippen molar-refractivity contribution in [2.45, 2.75) is 6.54 Å². The molecular weight excluding hydrogens is 454 g/mol. The van der Waals surface area contributed by atoms with E-state index in [1.807, 2.05) is 66.7 Å². The smallest absolute Gasteiger partial charge is 0.264 e. The summed E-state index contributed by atoms with van der Waals surface area (Å²) in [6.45, 7) is 0.319. The van der Waals surface area contributed by atoms with Crippen LogP contribution in [-0.4, -0.2) is 15.9 Å². The van der Waals surface area contributed by atoms with Crippen LogP contribution >= 0.6 is 22.9 Å². The lowest BCUT2D eigenvalue weighted by Crippen LogP contribution is -2.30. The Kier molecular flexibility index (Phi) is 6.02. The van der Waals surface area contributed by atoms with E-state index in [0.717, 1.165) is 15.8 Å². The van der Waals surface area contributed by atoms with Gasteiger partial charge in [-0.25, -0.2) is 4.98 Å². The first-order valence-corrected chi connectivity index (χ1v) is 11.5. The molecular formula is C26H18ClN3O2S. The van der Waals surface area contributed by atoms with Crippen molar-refractivity contribution in [1.82, 2.24) is 9.97 Å². The van der Waals surface area contributed by atoms with Gasteiger partial charge < -0.3 is 4.74 Å². The molecule has 0 aliphatic carbocycles. The number of halogens is 1. The average molecular weight is 472 g/mol. The molecule has 3 aromatic carbocycles. The Bertz CT molecular complexity index is 1410. The van der Waals surface area contributed by atoms with E-state index >= 15 is 0 Å². The summed E-state index contributed by atoms with van der Waals surface area (Å²) in [4.78, 5) is 24.4. The lowest BCUT2D eigenvalue weighted by atomic mass is 10.1. The maximum atomic E-state index is 13.9. The molecule has 0 atom stereocenters. The summed E-state index contributed by atoms with van der Waals surface area (Å²) in [7, 11) is 0. The molecule has 2 heterocycles. The topological polar surface area (TPSA) is 55.3 Å². The van der Waals surface area contributed by atoms with E-state index in [1.54, 1.807) is 35.5 Å². The quantitative estimate of drug-likeness (QED) is 0.268. The van der Waals surface area contributed by atoms with Crippen molar-refractivity contribution in [1.29, 1.82) is 0 Å². The van der Waals surface area contributed by atoms with Gasteiger partial charge in [0.2, 0.25) is 0 Å². The second kappa shape index (κ2) is 9.40. The molecule has 0 aliphatic heterocycles. The number of fused-ring (bicyclic) bond motifs is 1. The number of carbonyl (C=O) groups excluding carboxylic acids is 1. The van der Waals surface area contributed by atoms with Crippen molar-refractivity contribution >= 4 is 44.2 Å².